The van der Waals surface area contributed by atoms with Crippen LogP contribution in [0.1, 0.15) is 35.8 Å². The first-order chi connectivity index (χ1) is 17.9. The molecule has 7 heteroatoms. The summed E-state index contributed by atoms with van der Waals surface area (Å²) in [6.07, 6.45) is 2.92. The van der Waals surface area contributed by atoms with Gasteiger partial charge in [0.25, 0.3) is 5.91 Å². The highest BCUT2D eigenvalue weighted by Crippen LogP contribution is 2.37. The van der Waals surface area contributed by atoms with Gasteiger partial charge in [0, 0.05) is 30.0 Å². The number of methoxy groups -OCH3 is 1. The number of hydrogen-bond donors (Lipinski definition) is 0. The molecule has 6 nitrogen and oxygen atoms in total. The summed E-state index contributed by atoms with van der Waals surface area (Å²) < 4.78 is 7.47. The van der Waals surface area contributed by atoms with Gasteiger partial charge in [-0.05, 0) is 61.7 Å². The minimum Gasteiger partial charge on any atom is -0.496 e. The maximum atomic E-state index is 13.7. The number of hydrogen-bond acceptors (Lipinski definition) is 4. The zero-order valence-corrected chi connectivity index (χ0v) is 21.6. The molecule has 0 radical (unpaired) electrons. The fraction of sp³-hybridized carbons (Fsp3) is 0.233. The highest BCUT2D eigenvalue weighted by atomic mass is 35.5. The number of piperidine rings is 1. The van der Waals surface area contributed by atoms with Crippen LogP contribution < -0.4 is 4.74 Å². The zero-order valence-electron chi connectivity index (χ0n) is 20.9. The predicted octanol–water partition coefficient (Wildman–Crippen LogP) is 5.96. The summed E-state index contributed by atoms with van der Waals surface area (Å²) in [5.74, 6) is 1.24. The number of halogens is 1. The lowest BCUT2D eigenvalue weighted by molar-refractivity contribution is -0.124. The molecule has 1 amide bonds. The third kappa shape index (κ3) is 4.65. The molecule has 188 valence electrons. The first-order valence-electron chi connectivity index (χ1n) is 12.3. The van der Waals surface area contributed by atoms with E-state index in [1.807, 2.05) is 71.3 Å². The van der Waals surface area contributed by atoms with E-state index in [9.17, 15) is 9.59 Å². The van der Waals surface area contributed by atoms with E-state index in [2.05, 4.69) is 0 Å². The Morgan fingerprint density at radius 2 is 1.57 bits per heavy atom. The van der Waals surface area contributed by atoms with Gasteiger partial charge in [-0.3, -0.25) is 14.2 Å². The second kappa shape index (κ2) is 10.2. The number of Topliss-reactive ketones (excluding diaryl/α,β-unsaturated/α-hetero) is 1. The second-order valence-corrected chi connectivity index (χ2v) is 9.73. The van der Waals surface area contributed by atoms with Crippen molar-refractivity contribution in [3.05, 3.63) is 101 Å². The number of nitrogens with zero attached hydrogens (tertiary/aromatic N) is 3. The second-order valence-electron chi connectivity index (χ2n) is 9.29. The molecule has 5 rings (SSSR count). The van der Waals surface area contributed by atoms with Crippen LogP contribution in [0.25, 0.3) is 17.1 Å². The molecule has 0 spiro atoms. The Morgan fingerprint density at radius 3 is 2.22 bits per heavy atom. The van der Waals surface area contributed by atoms with E-state index >= 15 is 0 Å². The highest BCUT2D eigenvalue weighted by molar-refractivity contribution is 6.30. The first kappa shape index (κ1) is 24.8. The molecule has 37 heavy (non-hydrogen) atoms. The summed E-state index contributed by atoms with van der Waals surface area (Å²) in [5, 5.41) is 0.625. The minimum atomic E-state index is -0.566. The number of rotatable bonds is 6. The van der Waals surface area contributed by atoms with Crippen molar-refractivity contribution >= 4 is 23.3 Å². The summed E-state index contributed by atoms with van der Waals surface area (Å²) in [6, 6.07) is 24.9. The van der Waals surface area contributed by atoms with Crippen molar-refractivity contribution in [2.75, 3.05) is 20.2 Å². The zero-order chi connectivity index (χ0) is 26.0. The number of carbonyl (C=O) groups is 2. The smallest absolute Gasteiger partial charge is 0.274 e. The Balaban J connectivity index is 1.48. The number of aromatic nitrogens is 2. The lowest BCUT2D eigenvalue weighted by Gasteiger charge is -2.40. The number of ketones is 1. The van der Waals surface area contributed by atoms with E-state index in [0.29, 0.717) is 48.2 Å². The molecule has 2 heterocycles. The fourth-order valence-electron chi connectivity index (χ4n) is 5.16. The van der Waals surface area contributed by atoms with Crippen LogP contribution in [0.4, 0.5) is 0 Å². The van der Waals surface area contributed by atoms with Crippen LogP contribution in [0.2, 0.25) is 5.02 Å². The van der Waals surface area contributed by atoms with Crippen LogP contribution in [0.3, 0.4) is 0 Å². The topological polar surface area (TPSA) is 64.4 Å². The number of para-hydroxylation sites is 1. The molecule has 1 saturated heterocycles. The number of benzene rings is 3. The number of likely N-dealkylation sites (tertiary alicyclic amines) is 1. The van der Waals surface area contributed by atoms with Crippen LogP contribution >= 0.6 is 11.6 Å². The third-order valence-corrected chi connectivity index (χ3v) is 7.53. The number of imidazole rings is 1. The monoisotopic (exact) mass is 513 g/mol. The van der Waals surface area contributed by atoms with E-state index in [0.717, 1.165) is 16.8 Å². The summed E-state index contributed by atoms with van der Waals surface area (Å²) >= 11 is 6.12. The molecular weight excluding hydrogens is 486 g/mol. The van der Waals surface area contributed by atoms with Crippen molar-refractivity contribution in [2.45, 2.75) is 25.2 Å². The fourth-order valence-corrected chi connectivity index (χ4v) is 5.28. The van der Waals surface area contributed by atoms with E-state index < -0.39 is 5.41 Å². The number of carbonyl (C=O) groups excluding carboxylic acids is 2. The van der Waals surface area contributed by atoms with Gasteiger partial charge in [-0.25, -0.2) is 4.98 Å². The molecule has 3 aromatic carbocycles. The quantitative estimate of drug-likeness (QED) is 0.319. The van der Waals surface area contributed by atoms with Crippen LogP contribution in [0, 0.1) is 0 Å². The van der Waals surface area contributed by atoms with E-state index in [-0.39, 0.29) is 11.7 Å². The Bertz CT molecular complexity index is 1420. The first-order valence-corrected chi connectivity index (χ1v) is 12.7. The predicted molar refractivity (Wildman–Crippen MR) is 145 cm³/mol. The average molecular weight is 514 g/mol. The molecule has 1 aliphatic rings. The summed E-state index contributed by atoms with van der Waals surface area (Å²) in [6.45, 7) is 2.61. The van der Waals surface area contributed by atoms with Crippen molar-refractivity contribution in [1.82, 2.24) is 14.5 Å². The van der Waals surface area contributed by atoms with Gasteiger partial charge in [-0.1, -0.05) is 54.1 Å². The van der Waals surface area contributed by atoms with Crippen molar-refractivity contribution in [1.29, 1.82) is 0 Å². The Morgan fingerprint density at radius 1 is 0.919 bits per heavy atom. The van der Waals surface area contributed by atoms with Gasteiger partial charge in [-0.15, -0.1) is 0 Å². The lowest BCUT2D eigenvalue weighted by Crippen LogP contribution is -2.48. The van der Waals surface area contributed by atoms with Crippen molar-refractivity contribution in [2.24, 2.45) is 0 Å². The maximum Gasteiger partial charge on any atom is 0.274 e. The Labute approximate surface area is 221 Å². The van der Waals surface area contributed by atoms with E-state index in [4.69, 9.17) is 21.3 Å². The molecule has 1 aliphatic heterocycles. The molecule has 0 N–H and O–H groups in total. The van der Waals surface area contributed by atoms with Gasteiger partial charge in [0.1, 0.15) is 23.1 Å². The molecule has 0 bridgehead atoms. The summed E-state index contributed by atoms with van der Waals surface area (Å²) in [4.78, 5) is 33.0. The molecule has 0 atom stereocenters. The van der Waals surface area contributed by atoms with Gasteiger partial charge in [0.15, 0.2) is 0 Å². The van der Waals surface area contributed by atoms with Gasteiger partial charge in [0.2, 0.25) is 0 Å². The summed E-state index contributed by atoms with van der Waals surface area (Å²) in [7, 11) is 1.61. The molecule has 4 aromatic rings. The van der Waals surface area contributed by atoms with Crippen LogP contribution in [0.5, 0.6) is 5.75 Å². The van der Waals surface area contributed by atoms with Crippen LogP contribution in [-0.2, 0) is 10.2 Å². The third-order valence-electron chi connectivity index (χ3n) is 7.28. The molecule has 1 fully saturated rings. The van der Waals surface area contributed by atoms with Gasteiger partial charge in [-0.2, -0.15) is 0 Å². The van der Waals surface area contributed by atoms with Crippen molar-refractivity contribution in [3.8, 4) is 22.8 Å². The minimum absolute atomic E-state index is 0.135. The lowest BCUT2D eigenvalue weighted by atomic mass is 9.70. The van der Waals surface area contributed by atoms with Crippen LogP contribution in [0.15, 0.2) is 85.1 Å². The largest absolute Gasteiger partial charge is 0.496 e. The maximum absolute atomic E-state index is 13.7. The SMILES string of the molecule is COc1ccccc1-c1nc(C(=O)N2CCC(C(C)=O)(c3ccccc3)CC2)cn1-c1ccc(Cl)cc1. The van der Waals surface area contributed by atoms with Gasteiger partial charge in [0.05, 0.1) is 18.1 Å². The normalized spacial score (nSPS) is 14.8. The van der Waals surface area contributed by atoms with Gasteiger partial charge >= 0.3 is 0 Å². The van der Waals surface area contributed by atoms with Crippen LogP contribution in [-0.4, -0.2) is 46.3 Å². The number of ether oxygens (including phenoxy) is 1. The Kier molecular flexibility index (Phi) is 6.85. The van der Waals surface area contributed by atoms with Gasteiger partial charge < -0.3 is 9.64 Å². The average Bonchev–Trinajstić information content (AvgIpc) is 3.38. The molecule has 0 unspecified atom stereocenters. The van der Waals surface area contributed by atoms with Crippen molar-refractivity contribution in [3.63, 3.8) is 0 Å². The Hall–Kier alpha value is -3.90. The van der Waals surface area contributed by atoms with Crippen molar-refractivity contribution < 1.29 is 14.3 Å². The summed E-state index contributed by atoms with van der Waals surface area (Å²) in [5.41, 5.74) is 2.39. The number of amides is 1. The molecular formula is C30H28ClN3O3. The highest BCUT2D eigenvalue weighted by Gasteiger charge is 2.41. The molecule has 0 aliphatic carbocycles. The molecule has 0 saturated carbocycles. The standard InChI is InChI=1S/C30H28ClN3O3/c1-21(35)30(22-8-4-3-5-9-22)16-18-33(19-17-30)29(36)26-20-34(24-14-12-23(31)13-15-24)28(32-26)25-10-6-7-11-27(25)37-2/h3-15,20H,16-19H2,1-2H3. The van der Waals surface area contributed by atoms with E-state index in [1.54, 1.807) is 37.3 Å². The molecule has 1 aromatic heterocycles. The van der Waals surface area contributed by atoms with E-state index in [1.165, 1.54) is 0 Å².